The molecule has 17 heavy (non-hydrogen) atoms. The molecular weight excluding hydrogens is 204 g/mol. The second-order valence-corrected chi connectivity index (χ2v) is 8.21. The monoisotopic (exact) mass is 232 g/mol. The van der Waals surface area contributed by atoms with Gasteiger partial charge >= 0.3 is 0 Å². The molecule has 4 fully saturated rings. The molecule has 0 bridgehead atoms. The van der Waals surface area contributed by atoms with Gasteiger partial charge in [-0.2, -0.15) is 0 Å². The van der Waals surface area contributed by atoms with Crippen LogP contribution in [0.15, 0.2) is 0 Å². The number of fused-ring (bicyclic) bond motifs is 1. The summed E-state index contributed by atoms with van der Waals surface area (Å²) in [6, 6.07) is 0. The van der Waals surface area contributed by atoms with Crippen molar-refractivity contribution in [2.75, 3.05) is 0 Å². The van der Waals surface area contributed by atoms with Crippen molar-refractivity contribution in [1.29, 1.82) is 0 Å². The molecule has 10 atom stereocenters. The van der Waals surface area contributed by atoms with E-state index in [0.717, 1.165) is 59.2 Å². The van der Waals surface area contributed by atoms with Crippen LogP contribution in [-0.4, -0.2) is 0 Å². The Balaban J connectivity index is 1.67. The van der Waals surface area contributed by atoms with E-state index in [1.54, 1.807) is 19.3 Å². The Morgan fingerprint density at radius 3 is 1.71 bits per heavy atom. The van der Waals surface area contributed by atoms with Crippen LogP contribution in [0.2, 0.25) is 0 Å². The molecule has 4 aliphatic carbocycles. The average Bonchev–Trinajstić information content (AvgIpc) is 2.45. The molecule has 10 unspecified atom stereocenters. The Hall–Kier alpha value is 0. The Labute approximate surface area is 107 Å². The van der Waals surface area contributed by atoms with Crippen LogP contribution in [0.4, 0.5) is 0 Å². The van der Waals surface area contributed by atoms with E-state index < -0.39 is 0 Å². The normalized spacial score (nSPS) is 68.5. The Kier molecular flexibility index (Phi) is 2.12. The lowest BCUT2D eigenvalue weighted by Gasteiger charge is -2.56. The highest BCUT2D eigenvalue weighted by molar-refractivity contribution is 5.11. The molecule has 96 valence electrons. The van der Waals surface area contributed by atoms with Crippen LogP contribution in [0, 0.1) is 59.2 Å². The number of rotatable bonds is 0. The van der Waals surface area contributed by atoms with Crippen LogP contribution >= 0.6 is 0 Å². The summed E-state index contributed by atoms with van der Waals surface area (Å²) in [5.41, 5.74) is 0. The maximum Gasteiger partial charge on any atom is -0.0318 e. The van der Waals surface area contributed by atoms with E-state index in [1.165, 1.54) is 0 Å². The van der Waals surface area contributed by atoms with E-state index in [4.69, 9.17) is 0 Å². The molecule has 4 rings (SSSR count). The van der Waals surface area contributed by atoms with Gasteiger partial charge in [-0.05, 0) is 78.4 Å². The zero-order valence-electron chi connectivity index (χ0n) is 11.9. The number of hydrogen-bond donors (Lipinski definition) is 0. The van der Waals surface area contributed by atoms with E-state index in [1.807, 2.05) is 0 Å². The molecule has 0 radical (unpaired) electrons. The molecule has 0 aromatic carbocycles. The van der Waals surface area contributed by atoms with Crippen molar-refractivity contribution in [2.45, 2.75) is 47.0 Å². The smallest absolute Gasteiger partial charge is 0.0318 e. The van der Waals surface area contributed by atoms with Crippen molar-refractivity contribution in [3.63, 3.8) is 0 Å². The van der Waals surface area contributed by atoms with Crippen LogP contribution in [0.3, 0.4) is 0 Å². The summed E-state index contributed by atoms with van der Waals surface area (Å²) in [7, 11) is 0. The van der Waals surface area contributed by atoms with Gasteiger partial charge in [-0.15, -0.1) is 0 Å². The van der Waals surface area contributed by atoms with Crippen LogP contribution in [0.5, 0.6) is 0 Å². The van der Waals surface area contributed by atoms with Crippen LogP contribution in [-0.2, 0) is 0 Å². The Bertz CT molecular complexity index is 333. The van der Waals surface area contributed by atoms with Crippen LogP contribution in [0.25, 0.3) is 0 Å². The Morgan fingerprint density at radius 1 is 0.529 bits per heavy atom. The fraction of sp³-hybridized carbons (Fsp3) is 1.00. The molecule has 0 N–H and O–H groups in total. The molecule has 0 saturated heterocycles. The molecule has 4 saturated carbocycles. The van der Waals surface area contributed by atoms with Crippen molar-refractivity contribution in [3.05, 3.63) is 0 Å². The summed E-state index contributed by atoms with van der Waals surface area (Å²) in [5, 5.41) is 0. The van der Waals surface area contributed by atoms with Gasteiger partial charge in [0.05, 0.1) is 0 Å². The Morgan fingerprint density at radius 2 is 1.06 bits per heavy atom. The first-order valence-corrected chi connectivity index (χ1v) is 8.09. The highest BCUT2D eigenvalue weighted by Gasteiger charge is 2.63. The fourth-order valence-electron chi connectivity index (χ4n) is 7.38. The lowest BCUT2D eigenvalue weighted by atomic mass is 9.49. The first kappa shape index (κ1) is 10.9. The minimum absolute atomic E-state index is 1.04. The molecule has 0 aromatic heterocycles. The van der Waals surface area contributed by atoms with Gasteiger partial charge in [0.25, 0.3) is 0 Å². The third-order valence-electron chi connectivity index (χ3n) is 7.67. The summed E-state index contributed by atoms with van der Waals surface area (Å²) in [6.45, 7) is 10.2. The van der Waals surface area contributed by atoms with Crippen molar-refractivity contribution in [2.24, 2.45) is 59.2 Å². The molecule has 0 aliphatic heterocycles. The van der Waals surface area contributed by atoms with E-state index in [0.29, 0.717) is 0 Å². The lowest BCUT2D eigenvalue weighted by molar-refractivity contribution is -0.0813. The minimum Gasteiger partial charge on any atom is -0.0622 e. The third kappa shape index (κ3) is 1.16. The lowest BCUT2D eigenvalue weighted by Crippen LogP contribution is -2.51. The minimum atomic E-state index is 1.04. The zero-order valence-corrected chi connectivity index (χ0v) is 11.9. The molecule has 4 aliphatic rings. The van der Waals surface area contributed by atoms with E-state index in [2.05, 4.69) is 27.7 Å². The second kappa shape index (κ2) is 3.31. The predicted octanol–water partition coefficient (Wildman–Crippen LogP) is 4.45. The summed E-state index contributed by atoms with van der Waals surface area (Å²) in [4.78, 5) is 0. The van der Waals surface area contributed by atoms with Crippen molar-refractivity contribution >= 4 is 0 Å². The average molecular weight is 232 g/mol. The predicted molar refractivity (Wildman–Crippen MR) is 71.4 cm³/mol. The molecule has 0 heteroatoms. The van der Waals surface area contributed by atoms with Gasteiger partial charge in [0.2, 0.25) is 0 Å². The number of hydrogen-bond acceptors (Lipinski definition) is 0. The summed E-state index contributed by atoms with van der Waals surface area (Å²) >= 11 is 0. The standard InChI is InChI=1S/C17H28/c1-8-5-12-7-13-6-9(2)15-11(4)16(17(13)15)10(3)14(8)12/h8-17H,5-7H2,1-4H3. The first-order valence-electron chi connectivity index (χ1n) is 8.09. The SMILES string of the molecule is CC1CC2CC3CC(C)C4C(C)C(C(C)C12)C34. The maximum atomic E-state index is 2.61. The molecule has 0 nitrogen and oxygen atoms in total. The van der Waals surface area contributed by atoms with E-state index in [-0.39, 0.29) is 0 Å². The molecule has 0 heterocycles. The fourth-order valence-corrected chi connectivity index (χ4v) is 7.38. The second-order valence-electron chi connectivity index (χ2n) is 8.21. The van der Waals surface area contributed by atoms with Gasteiger partial charge in [-0.1, -0.05) is 27.7 Å². The summed E-state index contributed by atoms with van der Waals surface area (Å²) in [5.74, 6) is 10.9. The van der Waals surface area contributed by atoms with Gasteiger partial charge in [-0.3, -0.25) is 0 Å². The van der Waals surface area contributed by atoms with Gasteiger partial charge in [0.1, 0.15) is 0 Å². The molecular formula is C17H28. The van der Waals surface area contributed by atoms with E-state index in [9.17, 15) is 0 Å². The van der Waals surface area contributed by atoms with Crippen molar-refractivity contribution < 1.29 is 0 Å². The van der Waals surface area contributed by atoms with Gasteiger partial charge in [-0.25, -0.2) is 0 Å². The largest absolute Gasteiger partial charge is 0.0622 e. The molecule has 0 amide bonds. The van der Waals surface area contributed by atoms with Gasteiger partial charge in [0, 0.05) is 0 Å². The zero-order chi connectivity index (χ0) is 11.9. The summed E-state index contributed by atoms with van der Waals surface area (Å²) < 4.78 is 0. The third-order valence-corrected chi connectivity index (χ3v) is 7.67. The van der Waals surface area contributed by atoms with E-state index >= 15 is 0 Å². The molecule has 0 spiro atoms. The first-order chi connectivity index (χ1) is 8.09. The van der Waals surface area contributed by atoms with Crippen molar-refractivity contribution in [1.82, 2.24) is 0 Å². The van der Waals surface area contributed by atoms with Crippen molar-refractivity contribution in [3.8, 4) is 0 Å². The van der Waals surface area contributed by atoms with Gasteiger partial charge in [0.15, 0.2) is 0 Å². The quantitative estimate of drug-likeness (QED) is 0.579. The van der Waals surface area contributed by atoms with Gasteiger partial charge < -0.3 is 0 Å². The maximum absolute atomic E-state index is 2.61. The highest BCUT2D eigenvalue weighted by Crippen LogP contribution is 2.69. The topological polar surface area (TPSA) is 0 Å². The molecule has 0 aromatic rings. The van der Waals surface area contributed by atoms with Crippen LogP contribution < -0.4 is 0 Å². The van der Waals surface area contributed by atoms with Crippen LogP contribution in [0.1, 0.15) is 47.0 Å². The summed E-state index contributed by atoms with van der Waals surface area (Å²) in [6.07, 6.45) is 4.73. The highest BCUT2D eigenvalue weighted by atomic mass is 14.7.